The van der Waals surface area contributed by atoms with E-state index >= 15 is 0 Å². The maximum atomic E-state index is 6.02. The van der Waals surface area contributed by atoms with Crippen LogP contribution in [0.25, 0.3) is 0 Å². The smallest absolute Gasteiger partial charge is 0.0602 e. The van der Waals surface area contributed by atoms with Crippen LogP contribution in [-0.4, -0.2) is 11.7 Å². The Morgan fingerprint density at radius 3 is 2.64 bits per heavy atom. The number of ether oxygens (including phenoxy) is 1. The zero-order valence-corrected chi connectivity index (χ0v) is 10.1. The molecule has 1 heteroatoms. The van der Waals surface area contributed by atoms with E-state index in [0.29, 0.717) is 6.10 Å². The summed E-state index contributed by atoms with van der Waals surface area (Å²) in [5, 5.41) is 0. The summed E-state index contributed by atoms with van der Waals surface area (Å²) < 4.78 is 6.02. The third-order valence-corrected chi connectivity index (χ3v) is 2.60. The fourth-order valence-corrected chi connectivity index (χ4v) is 1.99. The minimum atomic E-state index is 0.0165. The van der Waals surface area contributed by atoms with Crippen LogP contribution in [0.15, 0.2) is 11.6 Å². The summed E-state index contributed by atoms with van der Waals surface area (Å²) in [4.78, 5) is 0. The first-order valence-electron chi connectivity index (χ1n) is 5.81. The second kappa shape index (κ2) is 4.97. The van der Waals surface area contributed by atoms with Gasteiger partial charge in [-0.25, -0.2) is 0 Å². The van der Waals surface area contributed by atoms with Crippen molar-refractivity contribution in [1.82, 2.24) is 0 Å². The molecule has 0 fully saturated rings. The standard InChI is InChI=1S/C13H24O/c1-11-7-5-9-12(10-6-8-11)14-13(2,3)4/h7,12H,5-6,8-10H2,1-4H3. The van der Waals surface area contributed by atoms with E-state index in [-0.39, 0.29) is 5.60 Å². The molecule has 0 radical (unpaired) electrons. The van der Waals surface area contributed by atoms with E-state index in [2.05, 4.69) is 33.8 Å². The topological polar surface area (TPSA) is 9.23 Å². The highest BCUT2D eigenvalue weighted by molar-refractivity contribution is 4.99. The lowest BCUT2D eigenvalue weighted by molar-refractivity contribution is -0.0666. The van der Waals surface area contributed by atoms with Gasteiger partial charge in [-0.2, -0.15) is 0 Å². The maximum absolute atomic E-state index is 6.02. The number of allylic oxidation sites excluding steroid dienone is 2. The van der Waals surface area contributed by atoms with Crippen LogP contribution in [0.2, 0.25) is 0 Å². The van der Waals surface area contributed by atoms with Gasteiger partial charge in [0, 0.05) is 0 Å². The van der Waals surface area contributed by atoms with Crippen molar-refractivity contribution in [3.63, 3.8) is 0 Å². The summed E-state index contributed by atoms with van der Waals surface area (Å²) in [6.07, 6.45) is 8.98. The highest BCUT2D eigenvalue weighted by Crippen LogP contribution is 2.23. The molecule has 0 saturated carbocycles. The van der Waals surface area contributed by atoms with Gasteiger partial charge in [0.15, 0.2) is 0 Å². The highest BCUT2D eigenvalue weighted by Gasteiger charge is 2.18. The molecule has 0 aromatic carbocycles. The molecule has 0 bridgehead atoms. The zero-order chi connectivity index (χ0) is 10.6. The molecule has 0 heterocycles. The molecule has 0 amide bonds. The Morgan fingerprint density at radius 1 is 1.29 bits per heavy atom. The molecule has 82 valence electrons. The monoisotopic (exact) mass is 196 g/mol. The third kappa shape index (κ3) is 4.80. The molecule has 0 aliphatic heterocycles. The molecular formula is C13H24O. The van der Waals surface area contributed by atoms with Gasteiger partial charge in [-0.05, 0) is 59.8 Å². The lowest BCUT2D eigenvalue weighted by Gasteiger charge is -2.28. The van der Waals surface area contributed by atoms with Gasteiger partial charge in [-0.3, -0.25) is 0 Å². The van der Waals surface area contributed by atoms with Gasteiger partial charge in [-0.15, -0.1) is 0 Å². The minimum absolute atomic E-state index is 0.0165. The molecule has 0 spiro atoms. The predicted octanol–water partition coefficient (Wildman–Crippen LogP) is 4.08. The Labute approximate surface area is 88.5 Å². The van der Waals surface area contributed by atoms with E-state index < -0.39 is 0 Å². The summed E-state index contributed by atoms with van der Waals surface area (Å²) in [6, 6.07) is 0. The largest absolute Gasteiger partial charge is 0.373 e. The lowest BCUT2D eigenvalue weighted by atomic mass is 9.98. The summed E-state index contributed by atoms with van der Waals surface area (Å²) in [6.45, 7) is 8.68. The second-order valence-electron chi connectivity index (χ2n) is 5.37. The molecule has 14 heavy (non-hydrogen) atoms. The van der Waals surface area contributed by atoms with Crippen LogP contribution in [0.1, 0.15) is 59.8 Å². The molecular weight excluding hydrogens is 172 g/mol. The van der Waals surface area contributed by atoms with Crippen molar-refractivity contribution in [2.24, 2.45) is 0 Å². The van der Waals surface area contributed by atoms with E-state index in [4.69, 9.17) is 4.74 Å². The summed E-state index contributed by atoms with van der Waals surface area (Å²) >= 11 is 0. The van der Waals surface area contributed by atoms with Gasteiger partial charge < -0.3 is 4.74 Å². The lowest BCUT2D eigenvalue weighted by Crippen LogP contribution is -2.27. The first kappa shape index (κ1) is 11.8. The van der Waals surface area contributed by atoms with Crippen molar-refractivity contribution in [2.75, 3.05) is 0 Å². The Kier molecular flexibility index (Phi) is 4.18. The first-order chi connectivity index (χ1) is 6.47. The van der Waals surface area contributed by atoms with Crippen LogP contribution in [0, 0.1) is 0 Å². The van der Waals surface area contributed by atoms with Gasteiger partial charge in [-0.1, -0.05) is 11.6 Å². The summed E-state index contributed by atoms with van der Waals surface area (Å²) in [5.74, 6) is 0. The Hall–Kier alpha value is -0.300. The molecule has 1 aliphatic rings. The van der Waals surface area contributed by atoms with Gasteiger partial charge in [0.25, 0.3) is 0 Å². The van der Waals surface area contributed by atoms with Crippen molar-refractivity contribution in [3.8, 4) is 0 Å². The predicted molar refractivity (Wildman–Crippen MR) is 61.5 cm³/mol. The maximum Gasteiger partial charge on any atom is 0.0602 e. The van der Waals surface area contributed by atoms with Crippen LogP contribution >= 0.6 is 0 Å². The van der Waals surface area contributed by atoms with Crippen molar-refractivity contribution < 1.29 is 4.74 Å². The molecule has 1 unspecified atom stereocenters. The van der Waals surface area contributed by atoms with E-state index in [1.807, 2.05) is 0 Å². The number of hydrogen-bond donors (Lipinski definition) is 0. The van der Waals surface area contributed by atoms with Gasteiger partial charge in [0.2, 0.25) is 0 Å². The quantitative estimate of drug-likeness (QED) is 0.574. The van der Waals surface area contributed by atoms with Crippen molar-refractivity contribution in [3.05, 3.63) is 11.6 Å². The molecule has 1 rings (SSSR count). The van der Waals surface area contributed by atoms with Gasteiger partial charge in [0.1, 0.15) is 0 Å². The van der Waals surface area contributed by atoms with Crippen molar-refractivity contribution in [1.29, 1.82) is 0 Å². The zero-order valence-electron chi connectivity index (χ0n) is 10.1. The van der Waals surface area contributed by atoms with Gasteiger partial charge in [0.05, 0.1) is 11.7 Å². The molecule has 0 aromatic heterocycles. The molecule has 1 aliphatic carbocycles. The van der Waals surface area contributed by atoms with Crippen LogP contribution in [0.3, 0.4) is 0 Å². The highest BCUT2D eigenvalue weighted by atomic mass is 16.5. The molecule has 0 saturated heterocycles. The van der Waals surface area contributed by atoms with Crippen LogP contribution < -0.4 is 0 Å². The Balaban J connectivity index is 2.41. The molecule has 0 aromatic rings. The average Bonchev–Trinajstić information content (AvgIpc) is 1.97. The summed E-state index contributed by atoms with van der Waals surface area (Å²) in [5.41, 5.74) is 1.57. The first-order valence-corrected chi connectivity index (χ1v) is 5.81. The number of rotatable bonds is 1. The van der Waals surface area contributed by atoms with E-state index in [1.54, 1.807) is 5.57 Å². The fraction of sp³-hybridized carbons (Fsp3) is 0.846. The number of hydrogen-bond acceptors (Lipinski definition) is 1. The van der Waals surface area contributed by atoms with Crippen LogP contribution in [0.4, 0.5) is 0 Å². The average molecular weight is 196 g/mol. The van der Waals surface area contributed by atoms with Crippen LogP contribution in [0.5, 0.6) is 0 Å². The fourth-order valence-electron chi connectivity index (χ4n) is 1.99. The van der Waals surface area contributed by atoms with E-state index in [9.17, 15) is 0 Å². The van der Waals surface area contributed by atoms with Gasteiger partial charge >= 0.3 is 0 Å². The normalized spacial score (nSPS) is 25.1. The van der Waals surface area contributed by atoms with E-state index in [0.717, 1.165) is 0 Å². The minimum Gasteiger partial charge on any atom is -0.373 e. The molecule has 1 nitrogen and oxygen atoms in total. The van der Waals surface area contributed by atoms with Crippen molar-refractivity contribution in [2.45, 2.75) is 71.5 Å². The summed E-state index contributed by atoms with van der Waals surface area (Å²) in [7, 11) is 0. The second-order valence-corrected chi connectivity index (χ2v) is 5.37. The molecule has 0 N–H and O–H groups in total. The van der Waals surface area contributed by atoms with Crippen molar-refractivity contribution >= 4 is 0 Å². The Morgan fingerprint density at radius 2 is 2.00 bits per heavy atom. The molecule has 1 atom stereocenters. The van der Waals surface area contributed by atoms with E-state index in [1.165, 1.54) is 32.1 Å². The third-order valence-electron chi connectivity index (χ3n) is 2.60. The van der Waals surface area contributed by atoms with Crippen LogP contribution in [-0.2, 0) is 4.74 Å². The Bertz CT molecular complexity index is 198. The SMILES string of the molecule is CC1=CCCC(OC(C)(C)C)CCC1.